The number of carbonyl (C=O) groups is 1. The summed E-state index contributed by atoms with van der Waals surface area (Å²) in [5, 5.41) is 4.94. The predicted octanol–water partition coefficient (Wildman–Crippen LogP) is 2.85. The number of alkyl halides is 1. The Morgan fingerprint density at radius 2 is 2.10 bits per heavy atom. The van der Waals surface area contributed by atoms with E-state index in [2.05, 4.69) is 5.16 Å². The van der Waals surface area contributed by atoms with Gasteiger partial charge in [-0.3, -0.25) is 4.79 Å². The predicted molar refractivity (Wildman–Crippen MR) is 77.7 cm³/mol. The number of rotatable bonds is 3. The first-order valence-corrected chi connectivity index (χ1v) is 7.48. The van der Waals surface area contributed by atoms with Gasteiger partial charge in [0, 0.05) is 24.4 Å². The molecule has 1 aliphatic heterocycles. The van der Waals surface area contributed by atoms with E-state index in [0.29, 0.717) is 18.2 Å². The van der Waals surface area contributed by atoms with Crippen molar-refractivity contribution in [3.63, 3.8) is 0 Å². The van der Waals surface area contributed by atoms with Gasteiger partial charge in [0.15, 0.2) is 5.58 Å². The summed E-state index contributed by atoms with van der Waals surface area (Å²) in [6.07, 6.45) is 2.30. The highest BCUT2D eigenvalue weighted by Crippen LogP contribution is 2.21. The molecule has 0 unspecified atom stereocenters. The first-order valence-electron chi connectivity index (χ1n) is 6.95. The molecule has 0 N–H and O–H groups in total. The number of likely N-dealkylation sites (tertiary alicyclic amines) is 1. The highest BCUT2D eigenvalue weighted by molar-refractivity contribution is 6.18. The van der Waals surface area contributed by atoms with E-state index in [-0.39, 0.29) is 5.91 Å². The fourth-order valence-corrected chi connectivity index (χ4v) is 2.97. The van der Waals surface area contributed by atoms with Crippen molar-refractivity contribution >= 4 is 28.5 Å². The van der Waals surface area contributed by atoms with Crippen molar-refractivity contribution in [3.8, 4) is 0 Å². The smallest absolute Gasteiger partial charge is 0.228 e. The lowest BCUT2D eigenvalue weighted by Gasteiger charge is -2.31. The molecule has 1 aromatic heterocycles. The molecule has 1 aromatic carbocycles. The highest BCUT2D eigenvalue weighted by Gasteiger charge is 2.23. The van der Waals surface area contributed by atoms with Crippen molar-refractivity contribution in [2.75, 3.05) is 19.0 Å². The average molecular weight is 293 g/mol. The summed E-state index contributed by atoms with van der Waals surface area (Å²) in [6.45, 7) is 1.60. The van der Waals surface area contributed by atoms with Crippen molar-refractivity contribution in [2.24, 2.45) is 5.92 Å². The van der Waals surface area contributed by atoms with Gasteiger partial charge in [0.1, 0.15) is 5.69 Å². The average Bonchev–Trinajstić information content (AvgIpc) is 2.91. The molecular formula is C15H17ClN2O2. The van der Waals surface area contributed by atoms with Gasteiger partial charge in [-0.2, -0.15) is 0 Å². The lowest BCUT2D eigenvalue weighted by Crippen LogP contribution is -2.39. The van der Waals surface area contributed by atoms with Gasteiger partial charge in [0.2, 0.25) is 5.91 Å². The molecule has 20 heavy (non-hydrogen) atoms. The first-order chi connectivity index (χ1) is 9.78. The summed E-state index contributed by atoms with van der Waals surface area (Å²) in [6, 6.07) is 7.63. The Morgan fingerprint density at radius 3 is 2.85 bits per heavy atom. The monoisotopic (exact) mass is 292 g/mol. The number of para-hydroxylation sites is 1. The van der Waals surface area contributed by atoms with E-state index in [0.717, 1.165) is 42.6 Å². The number of halogens is 1. The van der Waals surface area contributed by atoms with Crippen LogP contribution in [0.15, 0.2) is 28.8 Å². The number of hydrogen-bond acceptors (Lipinski definition) is 3. The van der Waals surface area contributed by atoms with Crippen LogP contribution in [-0.4, -0.2) is 34.9 Å². The zero-order valence-electron chi connectivity index (χ0n) is 11.2. The van der Waals surface area contributed by atoms with E-state index >= 15 is 0 Å². The molecule has 4 nitrogen and oxygen atoms in total. The molecule has 1 saturated heterocycles. The third kappa shape index (κ3) is 2.66. The van der Waals surface area contributed by atoms with Crippen LogP contribution in [0.3, 0.4) is 0 Å². The van der Waals surface area contributed by atoms with Crippen LogP contribution < -0.4 is 0 Å². The molecule has 0 saturated carbocycles. The second-order valence-electron chi connectivity index (χ2n) is 5.28. The molecule has 1 amide bonds. The normalized spacial score (nSPS) is 16.8. The van der Waals surface area contributed by atoms with E-state index < -0.39 is 0 Å². The summed E-state index contributed by atoms with van der Waals surface area (Å²) >= 11 is 5.86. The van der Waals surface area contributed by atoms with Gasteiger partial charge in [0.05, 0.1) is 6.42 Å². The Bertz CT molecular complexity index is 603. The maximum absolute atomic E-state index is 12.3. The zero-order chi connectivity index (χ0) is 13.9. The SMILES string of the molecule is O=C(Cc1noc2ccccc12)N1CCC(CCl)CC1. The number of aromatic nitrogens is 1. The summed E-state index contributed by atoms with van der Waals surface area (Å²) in [4.78, 5) is 14.2. The fourth-order valence-electron chi connectivity index (χ4n) is 2.66. The molecule has 1 aliphatic rings. The van der Waals surface area contributed by atoms with E-state index in [9.17, 15) is 4.79 Å². The van der Waals surface area contributed by atoms with Crippen LogP contribution >= 0.6 is 11.6 Å². The van der Waals surface area contributed by atoms with Gasteiger partial charge in [-0.15, -0.1) is 11.6 Å². The second kappa shape index (κ2) is 5.83. The lowest BCUT2D eigenvalue weighted by molar-refractivity contribution is -0.131. The van der Waals surface area contributed by atoms with Crippen LogP contribution in [0.4, 0.5) is 0 Å². The Balaban J connectivity index is 1.67. The van der Waals surface area contributed by atoms with Gasteiger partial charge < -0.3 is 9.42 Å². The quantitative estimate of drug-likeness (QED) is 0.817. The van der Waals surface area contributed by atoms with Gasteiger partial charge in [-0.25, -0.2) is 0 Å². The third-order valence-corrected chi connectivity index (χ3v) is 4.39. The largest absolute Gasteiger partial charge is 0.356 e. The van der Waals surface area contributed by atoms with E-state index in [4.69, 9.17) is 16.1 Å². The van der Waals surface area contributed by atoms with E-state index in [1.807, 2.05) is 29.2 Å². The number of hydrogen-bond donors (Lipinski definition) is 0. The van der Waals surface area contributed by atoms with Crippen LogP contribution in [0.25, 0.3) is 11.0 Å². The molecule has 2 aromatic rings. The van der Waals surface area contributed by atoms with Crippen molar-refractivity contribution in [1.29, 1.82) is 0 Å². The van der Waals surface area contributed by atoms with E-state index in [1.165, 1.54) is 0 Å². The first kappa shape index (κ1) is 13.4. The maximum Gasteiger partial charge on any atom is 0.228 e. The molecule has 1 fully saturated rings. The van der Waals surface area contributed by atoms with E-state index in [1.54, 1.807) is 0 Å². The minimum atomic E-state index is 0.122. The number of piperidine rings is 1. The number of benzene rings is 1. The Morgan fingerprint density at radius 1 is 1.35 bits per heavy atom. The molecule has 0 atom stereocenters. The van der Waals surface area contributed by atoms with Crippen LogP contribution in [0, 0.1) is 5.92 Å². The minimum Gasteiger partial charge on any atom is -0.356 e. The molecule has 0 bridgehead atoms. The van der Waals surface area contributed by atoms with Gasteiger partial charge in [-0.1, -0.05) is 17.3 Å². The van der Waals surface area contributed by atoms with Gasteiger partial charge >= 0.3 is 0 Å². The molecule has 0 aliphatic carbocycles. The van der Waals surface area contributed by atoms with Crippen LogP contribution in [0.2, 0.25) is 0 Å². The maximum atomic E-state index is 12.3. The zero-order valence-corrected chi connectivity index (χ0v) is 12.0. The molecule has 0 spiro atoms. The molecule has 3 rings (SSSR count). The molecule has 2 heterocycles. The second-order valence-corrected chi connectivity index (χ2v) is 5.59. The fraction of sp³-hybridized carbons (Fsp3) is 0.467. The summed E-state index contributed by atoms with van der Waals surface area (Å²) < 4.78 is 5.23. The summed E-state index contributed by atoms with van der Waals surface area (Å²) in [7, 11) is 0. The van der Waals surface area contributed by atoms with Gasteiger partial charge in [0.25, 0.3) is 0 Å². The number of carbonyl (C=O) groups excluding carboxylic acids is 1. The molecule has 5 heteroatoms. The molecular weight excluding hydrogens is 276 g/mol. The minimum absolute atomic E-state index is 0.122. The topological polar surface area (TPSA) is 46.3 Å². The lowest BCUT2D eigenvalue weighted by atomic mass is 9.98. The van der Waals surface area contributed by atoms with Gasteiger partial charge in [-0.05, 0) is 30.9 Å². The van der Waals surface area contributed by atoms with Crippen LogP contribution in [0.1, 0.15) is 18.5 Å². The summed E-state index contributed by atoms with van der Waals surface area (Å²) in [5.41, 5.74) is 1.46. The summed E-state index contributed by atoms with van der Waals surface area (Å²) in [5.74, 6) is 1.36. The Kier molecular flexibility index (Phi) is 3.92. The molecule has 106 valence electrons. The van der Waals surface area contributed by atoms with Crippen molar-refractivity contribution in [1.82, 2.24) is 10.1 Å². The third-order valence-electron chi connectivity index (χ3n) is 3.96. The van der Waals surface area contributed by atoms with Crippen molar-refractivity contribution in [3.05, 3.63) is 30.0 Å². The highest BCUT2D eigenvalue weighted by atomic mass is 35.5. The Labute approximate surface area is 122 Å². The standard InChI is InChI=1S/C15H17ClN2O2/c16-10-11-5-7-18(8-6-11)15(19)9-13-12-3-1-2-4-14(12)20-17-13/h1-4,11H,5-10H2. The Hall–Kier alpha value is -1.55. The van der Waals surface area contributed by atoms with Crippen LogP contribution in [0.5, 0.6) is 0 Å². The van der Waals surface area contributed by atoms with Crippen molar-refractivity contribution < 1.29 is 9.32 Å². The number of fused-ring (bicyclic) bond motifs is 1. The number of nitrogens with zero attached hydrogens (tertiary/aromatic N) is 2. The van der Waals surface area contributed by atoms with Crippen molar-refractivity contribution in [2.45, 2.75) is 19.3 Å². The molecule has 0 radical (unpaired) electrons. The number of amides is 1. The van der Waals surface area contributed by atoms with Crippen LogP contribution in [-0.2, 0) is 11.2 Å².